The molecule has 0 unspecified atom stereocenters. The van der Waals surface area contributed by atoms with Crippen molar-refractivity contribution in [3.63, 3.8) is 0 Å². The van der Waals surface area contributed by atoms with Crippen LogP contribution in [0.5, 0.6) is 0 Å². The van der Waals surface area contributed by atoms with E-state index in [-0.39, 0.29) is 16.5 Å². The molecular formula is C10H15N3O2. The molecule has 1 rings (SSSR count). The molecule has 0 saturated carbocycles. The summed E-state index contributed by atoms with van der Waals surface area (Å²) in [6.45, 7) is 6.27. The van der Waals surface area contributed by atoms with Crippen LogP contribution in [0.4, 0.5) is 0 Å². The Hall–Kier alpha value is -1.65. The van der Waals surface area contributed by atoms with Gasteiger partial charge in [-0.25, -0.2) is 0 Å². The van der Waals surface area contributed by atoms with Gasteiger partial charge in [-0.3, -0.25) is 14.8 Å². The highest BCUT2D eigenvalue weighted by atomic mass is 16.6. The molecule has 0 aromatic carbocycles. The first-order valence-electron chi connectivity index (χ1n) is 4.94. The molecule has 5 heteroatoms. The Bertz CT molecular complexity index is 380. The van der Waals surface area contributed by atoms with Gasteiger partial charge in [0, 0.05) is 24.7 Å². The molecule has 0 saturated heterocycles. The summed E-state index contributed by atoms with van der Waals surface area (Å²) >= 11 is 0. The summed E-state index contributed by atoms with van der Waals surface area (Å²) in [5.41, 5.74) is 0.989. The highest BCUT2D eigenvalue weighted by Gasteiger charge is 2.16. The van der Waals surface area contributed by atoms with Gasteiger partial charge in [-0.15, -0.1) is 0 Å². The second kappa shape index (κ2) is 4.72. The SMILES string of the molecule is CCn1nccc1/C=C(/C(C)C)[N+](=O)[O-]. The third-order valence-electron chi connectivity index (χ3n) is 2.15. The van der Waals surface area contributed by atoms with Crippen LogP contribution in [0.1, 0.15) is 26.5 Å². The van der Waals surface area contributed by atoms with E-state index in [2.05, 4.69) is 5.10 Å². The van der Waals surface area contributed by atoms with E-state index in [9.17, 15) is 10.1 Å². The second-order valence-electron chi connectivity index (χ2n) is 3.55. The maximum atomic E-state index is 10.8. The van der Waals surface area contributed by atoms with E-state index in [1.54, 1.807) is 36.9 Å². The first kappa shape index (κ1) is 11.4. The number of nitrogens with zero attached hydrogens (tertiary/aromatic N) is 3. The van der Waals surface area contributed by atoms with Crippen molar-refractivity contribution in [3.8, 4) is 0 Å². The van der Waals surface area contributed by atoms with Crippen molar-refractivity contribution in [3.05, 3.63) is 33.8 Å². The molecule has 1 heterocycles. The van der Waals surface area contributed by atoms with Crippen molar-refractivity contribution in [1.82, 2.24) is 9.78 Å². The first-order valence-corrected chi connectivity index (χ1v) is 4.94. The maximum absolute atomic E-state index is 10.8. The fraction of sp³-hybridized carbons (Fsp3) is 0.500. The summed E-state index contributed by atoms with van der Waals surface area (Å²) in [5.74, 6) is -0.0970. The van der Waals surface area contributed by atoms with Crippen molar-refractivity contribution >= 4 is 6.08 Å². The number of rotatable bonds is 4. The van der Waals surface area contributed by atoms with Gasteiger partial charge in [-0.2, -0.15) is 5.10 Å². The molecule has 0 atom stereocenters. The molecule has 0 aliphatic rings. The summed E-state index contributed by atoms with van der Waals surface area (Å²) in [7, 11) is 0. The number of nitro groups is 1. The zero-order valence-electron chi connectivity index (χ0n) is 9.17. The van der Waals surface area contributed by atoms with Crippen molar-refractivity contribution in [2.75, 3.05) is 0 Å². The van der Waals surface area contributed by atoms with Gasteiger partial charge >= 0.3 is 0 Å². The van der Waals surface area contributed by atoms with Gasteiger partial charge in [-0.05, 0) is 13.0 Å². The van der Waals surface area contributed by atoms with Crippen molar-refractivity contribution < 1.29 is 4.92 Å². The zero-order chi connectivity index (χ0) is 11.4. The Balaban J connectivity index is 3.07. The van der Waals surface area contributed by atoms with Gasteiger partial charge in [0.2, 0.25) is 0 Å². The van der Waals surface area contributed by atoms with E-state index >= 15 is 0 Å². The Kier molecular flexibility index (Phi) is 3.60. The maximum Gasteiger partial charge on any atom is 0.250 e. The predicted molar refractivity (Wildman–Crippen MR) is 57.7 cm³/mol. The van der Waals surface area contributed by atoms with E-state index in [4.69, 9.17) is 0 Å². The summed E-state index contributed by atoms with van der Waals surface area (Å²) in [6.07, 6.45) is 3.23. The molecule has 0 bridgehead atoms. The normalized spacial score (nSPS) is 12.1. The van der Waals surface area contributed by atoms with Gasteiger partial charge < -0.3 is 0 Å². The molecule has 0 amide bonds. The second-order valence-corrected chi connectivity index (χ2v) is 3.55. The topological polar surface area (TPSA) is 61.0 Å². The number of allylic oxidation sites excluding steroid dienone is 1. The Morgan fingerprint density at radius 3 is 2.87 bits per heavy atom. The largest absolute Gasteiger partial charge is 0.266 e. The number of aromatic nitrogens is 2. The van der Waals surface area contributed by atoms with Crippen LogP contribution in [0.3, 0.4) is 0 Å². The lowest BCUT2D eigenvalue weighted by Gasteiger charge is -2.03. The third-order valence-corrected chi connectivity index (χ3v) is 2.15. The zero-order valence-corrected chi connectivity index (χ0v) is 9.17. The lowest BCUT2D eigenvalue weighted by molar-refractivity contribution is -0.431. The average molecular weight is 209 g/mol. The summed E-state index contributed by atoms with van der Waals surface area (Å²) < 4.78 is 1.73. The van der Waals surface area contributed by atoms with Gasteiger partial charge in [0.1, 0.15) is 0 Å². The minimum absolute atomic E-state index is 0.0970. The van der Waals surface area contributed by atoms with E-state index in [0.29, 0.717) is 6.54 Å². The lowest BCUT2D eigenvalue weighted by Crippen LogP contribution is -2.07. The summed E-state index contributed by atoms with van der Waals surface area (Å²) in [4.78, 5) is 10.4. The third kappa shape index (κ3) is 2.65. The molecule has 0 spiro atoms. The fourth-order valence-electron chi connectivity index (χ4n) is 1.31. The fourth-order valence-corrected chi connectivity index (χ4v) is 1.31. The van der Waals surface area contributed by atoms with Gasteiger partial charge in [-0.1, -0.05) is 13.8 Å². The molecule has 1 aromatic rings. The first-order chi connectivity index (χ1) is 7.06. The van der Waals surface area contributed by atoms with Crippen LogP contribution in [0.25, 0.3) is 6.08 Å². The standard InChI is InChI=1S/C10H15N3O2/c1-4-12-9(5-6-11-12)7-10(8(2)3)13(14)15/h5-8H,4H2,1-3H3/b10-7-. The highest BCUT2D eigenvalue weighted by Crippen LogP contribution is 2.14. The molecule has 0 N–H and O–H groups in total. The Morgan fingerprint density at radius 2 is 2.40 bits per heavy atom. The van der Waals surface area contributed by atoms with Crippen LogP contribution in [-0.2, 0) is 6.54 Å². The van der Waals surface area contributed by atoms with E-state index in [1.165, 1.54) is 0 Å². The molecular weight excluding hydrogens is 194 g/mol. The summed E-state index contributed by atoms with van der Waals surface area (Å²) in [5, 5.41) is 14.8. The molecule has 0 radical (unpaired) electrons. The molecule has 0 fully saturated rings. The van der Waals surface area contributed by atoms with E-state index in [0.717, 1.165) is 5.69 Å². The van der Waals surface area contributed by atoms with Crippen LogP contribution in [0.15, 0.2) is 18.0 Å². The lowest BCUT2D eigenvalue weighted by atomic mass is 10.1. The van der Waals surface area contributed by atoms with Crippen molar-refractivity contribution in [2.45, 2.75) is 27.3 Å². The van der Waals surface area contributed by atoms with E-state index < -0.39 is 0 Å². The van der Waals surface area contributed by atoms with Gasteiger partial charge in [0.25, 0.3) is 5.70 Å². The molecule has 5 nitrogen and oxygen atoms in total. The minimum Gasteiger partial charge on any atom is -0.266 e. The molecule has 15 heavy (non-hydrogen) atoms. The van der Waals surface area contributed by atoms with E-state index in [1.807, 2.05) is 6.92 Å². The highest BCUT2D eigenvalue weighted by molar-refractivity contribution is 5.47. The Labute approximate surface area is 88.6 Å². The predicted octanol–water partition coefficient (Wildman–Crippen LogP) is 2.18. The van der Waals surface area contributed by atoms with Crippen LogP contribution < -0.4 is 0 Å². The van der Waals surface area contributed by atoms with Crippen LogP contribution >= 0.6 is 0 Å². The Morgan fingerprint density at radius 1 is 1.73 bits per heavy atom. The van der Waals surface area contributed by atoms with Crippen LogP contribution in [-0.4, -0.2) is 14.7 Å². The van der Waals surface area contributed by atoms with Gasteiger partial charge in [0.05, 0.1) is 10.6 Å². The smallest absolute Gasteiger partial charge is 0.250 e. The van der Waals surface area contributed by atoms with Crippen LogP contribution in [0.2, 0.25) is 0 Å². The molecule has 0 aliphatic carbocycles. The average Bonchev–Trinajstić information content (AvgIpc) is 2.59. The number of aryl methyl sites for hydroxylation is 1. The molecule has 82 valence electrons. The number of hydrogen-bond donors (Lipinski definition) is 0. The molecule has 0 aliphatic heterocycles. The van der Waals surface area contributed by atoms with Gasteiger partial charge in [0.15, 0.2) is 0 Å². The molecule has 1 aromatic heterocycles. The van der Waals surface area contributed by atoms with Crippen molar-refractivity contribution in [2.24, 2.45) is 5.92 Å². The minimum atomic E-state index is -0.336. The van der Waals surface area contributed by atoms with Crippen molar-refractivity contribution in [1.29, 1.82) is 0 Å². The quantitative estimate of drug-likeness (QED) is 0.564. The van der Waals surface area contributed by atoms with Crippen LogP contribution in [0, 0.1) is 16.0 Å². The monoisotopic (exact) mass is 209 g/mol. The number of hydrogen-bond acceptors (Lipinski definition) is 3. The summed E-state index contributed by atoms with van der Waals surface area (Å²) in [6, 6.07) is 1.77.